The van der Waals surface area contributed by atoms with Crippen molar-refractivity contribution in [2.75, 3.05) is 55.5 Å². The Morgan fingerprint density at radius 3 is 0.480 bits per heavy atom. The first kappa shape index (κ1) is 35.2. The molecule has 0 saturated heterocycles. The van der Waals surface area contributed by atoms with E-state index in [-0.39, 0.29) is 0 Å². The van der Waals surface area contributed by atoms with Crippen molar-refractivity contribution in [1.29, 1.82) is 0 Å². The Morgan fingerprint density at radius 2 is 0.480 bits per heavy atom. The van der Waals surface area contributed by atoms with Crippen molar-refractivity contribution in [1.82, 2.24) is 0 Å². The molecule has 0 aliphatic carbocycles. The molecule has 0 aliphatic rings. The van der Waals surface area contributed by atoms with Crippen LogP contribution in [0.5, 0.6) is 0 Å². The van der Waals surface area contributed by atoms with Gasteiger partial charge in [0, 0.05) is 0 Å². The first-order chi connectivity index (χ1) is 11.8. The van der Waals surface area contributed by atoms with Gasteiger partial charge in [0.25, 0.3) is 0 Å². The van der Waals surface area contributed by atoms with E-state index in [1.165, 1.54) is 55.5 Å². The van der Waals surface area contributed by atoms with Gasteiger partial charge in [-0.05, 0) is 55.5 Å². The monoisotopic (exact) mass is 562 g/mol. The molecule has 0 radical (unpaired) electrons. The van der Waals surface area contributed by atoms with Crippen LogP contribution in [0.4, 0.5) is 0 Å². The Morgan fingerprint density at radius 1 is 0.400 bits per heavy atom. The minimum absolute atomic E-state index is 0.446. The van der Waals surface area contributed by atoms with E-state index in [0.29, 0.717) is 23.8 Å². The quantitative estimate of drug-likeness (QED) is 0.194. The maximum absolute atomic E-state index is 4.94. The summed E-state index contributed by atoms with van der Waals surface area (Å²) in [6, 6.07) is 0. The molecule has 0 aromatic carbocycles. The molecule has 7 heteroatoms. The second-order valence-corrected chi connectivity index (χ2v) is 22.2. The van der Waals surface area contributed by atoms with Gasteiger partial charge in [-0.1, -0.05) is 62.3 Å². The molecular formula is C18H45Cl3P3Rh. The van der Waals surface area contributed by atoms with Crippen molar-refractivity contribution in [2.24, 2.45) is 0 Å². The fourth-order valence-corrected chi connectivity index (χ4v) is 6.04. The molecule has 0 aromatic rings. The molecule has 25 heavy (non-hydrogen) atoms. The Hall–Kier alpha value is 2.78. The van der Waals surface area contributed by atoms with Crippen LogP contribution in [0.3, 0.4) is 0 Å². The topological polar surface area (TPSA) is 0 Å². The minimum atomic E-state index is -1.66. The number of hydrogen-bond donors (Lipinski definition) is 0. The van der Waals surface area contributed by atoms with Crippen molar-refractivity contribution >= 4 is 52.8 Å². The summed E-state index contributed by atoms with van der Waals surface area (Å²) >= 11 is -1.66. The van der Waals surface area contributed by atoms with Gasteiger partial charge in [0.1, 0.15) is 0 Å². The van der Waals surface area contributed by atoms with Gasteiger partial charge in [-0.2, -0.15) is 0 Å². The molecule has 162 valence electrons. The van der Waals surface area contributed by atoms with Crippen LogP contribution in [-0.2, 0) is 13.0 Å². The molecule has 0 rings (SSSR count). The Kier molecular flexibility index (Phi) is 44.4. The Balaban J connectivity index is -0.000000120. The van der Waals surface area contributed by atoms with Crippen LogP contribution >= 0.6 is 52.8 Å². The summed E-state index contributed by atoms with van der Waals surface area (Å²) in [5, 5.41) is 0. The van der Waals surface area contributed by atoms with Crippen LogP contribution in [0.1, 0.15) is 62.3 Å². The summed E-state index contributed by atoms with van der Waals surface area (Å²) in [4.78, 5) is 0. The molecule has 0 nitrogen and oxygen atoms in total. The van der Waals surface area contributed by atoms with Gasteiger partial charge in [0.15, 0.2) is 0 Å². The first-order valence-electron chi connectivity index (χ1n) is 9.59. The van der Waals surface area contributed by atoms with Crippen molar-refractivity contribution in [3.8, 4) is 0 Å². The van der Waals surface area contributed by atoms with Gasteiger partial charge in [-0.25, -0.2) is 0 Å². The molecule has 0 unspecified atom stereocenters. The Bertz CT molecular complexity index is 154. The maximum atomic E-state index is 4.94. The molecule has 0 N–H and O–H groups in total. The summed E-state index contributed by atoms with van der Waals surface area (Å²) in [7, 11) is 16.1. The zero-order valence-electron chi connectivity index (χ0n) is 18.2. The van der Waals surface area contributed by atoms with Crippen LogP contribution in [0.15, 0.2) is 0 Å². The van der Waals surface area contributed by atoms with Gasteiger partial charge in [0.2, 0.25) is 0 Å². The van der Waals surface area contributed by atoms with E-state index in [4.69, 9.17) is 29.1 Å². The Labute approximate surface area is 182 Å². The molecule has 0 fully saturated rings. The third-order valence-electron chi connectivity index (χ3n) is 4.02. The fourth-order valence-electron chi connectivity index (χ4n) is 2.01. The fraction of sp³-hybridized carbons (Fsp3) is 1.00. The molecule has 0 spiro atoms. The van der Waals surface area contributed by atoms with Gasteiger partial charge < -0.3 is 0 Å². The average molecular weight is 564 g/mol. The average Bonchev–Trinajstić information content (AvgIpc) is 2.60. The van der Waals surface area contributed by atoms with Gasteiger partial charge >= 0.3 is 42.1 Å². The molecule has 0 aliphatic heterocycles. The molecule has 0 saturated carbocycles. The van der Waals surface area contributed by atoms with E-state index in [0.717, 1.165) is 0 Å². The van der Waals surface area contributed by atoms with E-state index >= 15 is 0 Å². The van der Waals surface area contributed by atoms with Crippen molar-refractivity contribution in [2.45, 2.75) is 62.3 Å². The molecule has 0 atom stereocenters. The van der Waals surface area contributed by atoms with E-state index in [2.05, 4.69) is 62.3 Å². The van der Waals surface area contributed by atoms with Crippen molar-refractivity contribution in [3.63, 3.8) is 0 Å². The van der Waals surface area contributed by atoms with Crippen LogP contribution < -0.4 is 0 Å². The number of rotatable bonds is 9. The summed E-state index contributed by atoms with van der Waals surface area (Å²) in [5.41, 5.74) is 0. The van der Waals surface area contributed by atoms with Gasteiger partial charge in [0.05, 0.1) is 0 Å². The van der Waals surface area contributed by atoms with E-state index in [9.17, 15) is 0 Å². The normalized spacial score (nSPS) is 10.4. The van der Waals surface area contributed by atoms with E-state index < -0.39 is 13.0 Å². The predicted octanol–water partition coefficient (Wildman–Crippen LogP) is 9.65. The predicted molar refractivity (Wildman–Crippen MR) is 133 cm³/mol. The van der Waals surface area contributed by atoms with Crippen LogP contribution in [0.25, 0.3) is 0 Å². The van der Waals surface area contributed by atoms with Crippen LogP contribution in [0.2, 0.25) is 0 Å². The van der Waals surface area contributed by atoms with Crippen LogP contribution in [-0.4, -0.2) is 55.5 Å². The summed E-state index contributed by atoms with van der Waals surface area (Å²) in [6.07, 6.45) is 12.8. The molecular weight excluding hydrogens is 518 g/mol. The van der Waals surface area contributed by atoms with Crippen molar-refractivity contribution < 1.29 is 13.0 Å². The molecule has 0 heterocycles. The zero-order chi connectivity index (χ0) is 20.7. The van der Waals surface area contributed by atoms with Gasteiger partial charge in [-0.3, -0.25) is 0 Å². The first-order valence-corrected chi connectivity index (χ1v) is 21.6. The molecule has 0 bridgehead atoms. The second-order valence-electron chi connectivity index (χ2n) is 5.00. The second kappa shape index (κ2) is 31.5. The van der Waals surface area contributed by atoms with E-state index in [1.807, 2.05) is 0 Å². The van der Waals surface area contributed by atoms with Crippen LogP contribution in [0, 0.1) is 0 Å². The summed E-state index contributed by atoms with van der Waals surface area (Å²) < 4.78 is 0. The third-order valence-corrected chi connectivity index (χ3v) is 12.1. The molecule has 0 amide bonds. The summed E-state index contributed by atoms with van der Waals surface area (Å²) in [5.74, 6) is 0. The van der Waals surface area contributed by atoms with Crippen molar-refractivity contribution in [3.05, 3.63) is 0 Å². The van der Waals surface area contributed by atoms with Gasteiger partial charge in [-0.15, -0.1) is 23.8 Å². The standard InChI is InChI=1S/3C6H15P.3ClH.Rh/c3*1-4-7(5-2)6-3;;;;/h3*4-6H2,1-3H3;3*1H;/q;;;;;;+3/p-3. The number of hydrogen-bond acceptors (Lipinski definition) is 0. The third kappa shape index (κ3) is 38.1. The molecule has 0 aromatic heterocycles. The summed E-state index contributed by atoms with van der Waals surface area (Å²) in [6.45, 7) is 20.6. The SMILES string of the molecule is CCP(CC)CC.CCP(CC)CC.CCP(CC)CC.[Cl][Rh]([Cl])[Cl]. The number of halogens is 3. The van der Waals surface area contributed by atoms with E-state index in [1.54, 1.807) is 0 Å². The zero-order valence-corrected chi connectivity index (χ0v) is 24.8.